The van der Waals surface area contributed by atoms with Gasteiger partial charge < -0.3 is 10.6 Å². The molecule has 1 unspecified atom stereocenters. The van der Waals surface area contributed by atoms with Crippen LogP contribution < -0.4 is 10.6 Å². The molecule has 2 amide bonds. The minimum atomic E-state index is -0.106. The molecule has 2 N–H and O–H groups in total. The molecule has 1 aromatic carbocycles. The largest absolute Gasteiger partial charge is 0.336 e. The molecule has 1 heterocycles. The first kappa shape index (κ1) is 15.8. The Morgan fingerprint density at radius 2 is 2.14 bits per heavy atom. The number of amides is 2. The van der Waals surface area contributed by atoms with Crippen LogP contribution in [-0.4, -0.2) is 36.6 Å². The number of anilines is 1. The van der Waals surface area contributed by atoms with E-state index in [1.165, 1.54) is 18.4 Å². The molecule has 0 radical (unpaired) electrons. The monoisotopic (exact) mass is 289 g/mol. The summed E-state index contributed by atoms with van der Waals surface area (Å²) in [5, 5.41) is 5.99. The third kappa shape index (κ3) is 4.21. The van der Waals surface area contributed by atoms with Gasteiger partial charge in [-0.25, -0.2) is 4.79 Å². The SMILES string of the molecule is CCN1CCCC1CNC(=O)Nc1ccccc1C(C)C. The van der Waals surface area contributed by atoms with Crippen LogP contribution in [-0.2, 0) is 0 Å². The van der Waals surface area contributed by atoms with Gasteiger partial charge in [-0.1, -0.05) is 39.0 Å². The summed E-state index contributed by atoms with van der Waals surface area (Å²) < 4.78 is 0. The van der Waals surface area contributed by atoms with Gasteiger partial charge in [-0.3, -0.25) is 4.90 Å². The maximum absolute atomic E-state index is 12.1. The van der Waals surface area contributed by atoms with E-state index < -0.39 is 0 Å². The number of urea groups is 1. The molecule has 1 aliphatic rings. The van der Waals surface area contributed by atoms with Crippen molar-refractivity contribution in [3.63, 3.8) is 0 Å². The molecule has 4 nitrogen and oxygen atoms in total. The maximum atomic E-state index is 12.1. The molecule has 1 saturated heterocycles. The predicted octanol–water partition coefficient (Wildman–Crippen LogP) is 3.42. The first-order valence-corrected chi connectivity index (χ1v) is 7.99. The van der Waals surface area contributed by atoms with Gasteiger partial charge in [0.2, 0.25) is 0 Å². The minimum absolute atomic E-state index is 0.106. The highest BCUT2D eigenvalue weighted by atomic mass is 16.2. The number of likely N-dealkylation sites (tertiary alicyclic amines) is 1. The Morgan fingerprint density at radius 1 is 1.38 bits per heavy atom. The van der Waals surface area contributed by atoms with Crippen LogP contribution in [0.15, 0.2) is 24.3 Å². The highest BCUT2D eigenvalue weighted by Crippen LogP contribution is 2.23. The van der Waals surface area contributed by atoms with Crippen molar-refractivity contribution in [2.24, 2.45) is 0 Å². The Labute approximate surface area is 127 Å². The van der Waals surface area contributed by atoms with Gasteiger partial charge in [0.05, 0.1) is 0 Å². The van der Waals surface area contributed by atoms with Crippen LogP contribution in [0.1, 0.15) is 45.1 Å². The van der Waals surface area contributed by atoms with Crippen molar-refractivity contribution in [1.82, 2.24) is 10.2 Å². The van der Waals surface area contributed by atoms with Crippen molar-refractivity contribution in [3.05, 3.63) is 29.8 Å². The molecule has 1 aliphatic heterocycles. The lowest BCUT2D eigenvalue weighted by molar-refractivity contribution is 0.238. The third-order valence-corrected chi connectivity index (χ3v) is 4.23. The first-order valence-electron chi connectivity index (χ1n) is 7.99. The van der Waals surface area contributed by atoms with Gasteiger partial charge in [0.25, 0.3) is 0 Å². The lowest BCUT2D eigenvalue weighted by Crippen LogP contribution is -2.41. The summed E-state index contributed by atoms with van der Waals surface area (Å²) in [6, 6.07) is 8.37. The third-order valence-electron chi connectivity index (χ3n) is 4.23. The van der Waals surface area contributed by atoms with Gasteiger partial charge in [-0.15, -0.1) is 0 Å². The summed E-state index contributed by atoms with van der Waals surface area (Å²) in [4.78, 5) is 14.5. The van der Waals surface area contributed by atoms with E-state index >= 15 is 0 Å². The summed E-state index contributed by atoms with van der Waals surface area (Å²) in [5.74, 6) is 0.395. The van der Waals surface area contributed by atoms with E-state index in [2.05, 4.69) is 42.4 Å². The zero-order valence-electron chi connectivity index (χ0n) is 13.4. The average Bonchev–Trinajstić information content (AvgIpc) is 2.93. The van der Waals surface area contributed by atoms with Crippen LogP contribution in [0.3, 0.4) is 0 Å². The highest BCUT2D eigenvalue weighted by molar-refractivity contribution is 5.90. The van der Waals surface area contributed by atoms with Crippen LogP contribution in [0, 0.1) is 0 Å². The molecule has 1 aromatic rings. The van der Waals surface area contributed by atoms with Crippen molar-refractivity contribution in [1.29, 1.82) is 0 Å². The summed E-state index contributed by atoms with van der Waals surface area (Å²) in [6.07, 6.45) is 2.41. The summed E-state index contributed by atoms with van der Waals surface area (Å²) in [5.41, 5.74) is 2.08. The van der Waals surface area contributed by atoms with Gasteiger partial charge in [-0.05, 0) is 43.5 Å². The van der Waals surface area contributed by atoms with Gasteiger partial charge in [0.15, 0.2) is 0 Å². The van der Waals surface area contributed by atoms with Crippen LogP contribution in [0.4, 0.5) is 10.5 Å². The van der Waals surface area contributed by atoms with Gasteiger partial charge in [0, 0.05) is 18.3 Å². The molecular weight excluding hydrogens is 262 g/mol. The number of para-hydroxylation sites is 1. The zero-order chi connectivity index (χ0) is 15.2. The summed E-state index contributed by atoms with van der Waals surface area (Å²) in [7, 11) is 0. The fourth-order valence-electron chi connectivity index (χ4n) is 3.03. The molecule has 21 heavy (non-hydrogen) atoms. The van der Waals surface area contributed by atoms with Crippen molar-refractivity contribution >= 4 is 11.7 Å². The molecule has 4 heteroatoms. The fraction of sp³-hybridized carbons (Fsp3) is 0.588. The lowest BCUT2D eigenvalue weighted by Gasteiger charge is -2.23. The molecule has 0 saturated carbocycles. The van der Waals surface area contributed by atoms with Gasteiger partial charge in [0.1, 0.15) is 0 Å². The van der Waals surface area contributed by atoms with Crippen molar-refractivity contribution < 1.29 is 4.79 Å². The van der Waals surface area contributed by atoms with Gasteiger partial charge >= 0.3 is 6.03 Å². The molecule has 0 bridgehead atoms. The molecule has 0 aliphatic carbocycles. The predicted molar refractivity (Wildman–Crippen MR) is 87.8 cm³/mol. The average molecular weight is 289 g/mol. The van der Waals surface area contributed by atoms with E-state index in [0.29, 0.717) is 12.0 Å². The number of nitrogens with zero attached hydrogens (tertiary/aromatic N) is 1. The van der Waals surface area contributed by atoms with Crippen molar-refractivity contribution in [2.45, 2.75) is 45.6 Å². The first-order chi connectivity index (χ1) is 10.1. The Hall–Kier alpha value is -1.55. The second kappa shape index (κ2) is 7.46. The Morgan fingerprint density at radius 3 is 2.86 bits per heavy atom. The number of hydrogen-bond acceptors (Lipinski definition) is 2. The summed E-state index contributed by atoms with van der Waals surface area (Å²) >= 11 is 0. The molecule has 116 valence electrons. The number of benzene rings is 1. The fourth-order valence-corrected chi connectivity index (χ4v) is 3.03. The number of carbonyl (C=O) groups excluding carboxylic acids is 1. The van der Waals surface area contributed by atoms with Crippen molar-refractivity contribution in [3.8, 4) is 0 Å². The number of likely N-dealkylation sites (N-methyl/N-ethyl adjacent to an activating group) is 1. The second-order valence-corrected chi connectivity index (χ2v) is 6.00. The van der Waals surface area contributed by atoms with E-state index in [-0.39, 0.29) is 6.03 Å². The normalized spacial score (nSPS) is 19.0. The van der Waals surface area contributed by atoms with E-state index in [4.69, 9.17) is 0 Å². The zero-order valence-corrected chi connectivity index (χ0v) is 13.4. The molecule has 0 aromatic heterocycles. The Balaban J connectivity index is 1.87. The van der Waals surface area contributed by atoms with E-state index in [9.17, 15) is 4.79 Å². The standard InChI is InChI=1S/C17H27N3O/c1-4-20-11-7-8-14(20)12-18-17(21)19-16-10-6-5-9-15(16)13(2)3/h5-6,9-10,13-14H,4,7-8,11-12H2,1-3H3,(H2,18,19,21). The van der Waals surface area contributed by atoms with Crippen LogP contribution >= 0.6 is 0 Å². The van der Waals surface area contributed by atoms with E-state index in [0.717, 1.165) is 25.3 Å². The molecule has 1 fully saturated rings. The van der Waals surface area contributed by atoms with Crippen LogP contribution in [0.2, 0.25) is 0 Å². The van der Waals surface area contributed by atoms with E-state index in [1.807, 2.05) is 18.2 Å². The maximum Gasteiger partial charge on any atom is 0.319 e. The van der Waals surface area contributed by atoms with Crippen molar-refractivity contribution in [2.75, 3.05) is 25.0 Å². The minimum Gasteiger partial charge on any atom is -0.336 e. The second-order valence-electron chi connectivity index (χ2n) is 6.00. The molecule has 2 rings (SSSR count). The number of carbonyl (C=O) groups is 1. The Bertz CT molecular complexity index is 473. The summed E-state index contributed by atoms with van der Waals surface area (Å²) in [6.45, 7) is 9.39. The van der Waals surface area contributed by atoms with Gasteiger partial charge in [-0.2, -0.15) is 0 Å². The number of hydrogen-bond donors (Lipinski definition) is 2. The molecule has 0 spiro atoms. The topological polar surface area (TPSA) is 44.4 Å². The molecule has 1 atom stereocenters. The van der Waals surface area contributed by atoms with E-state index in [1.54, 1.807) is 0 Å². The van der Waals surface area contributed by atoms with Crippen LogP contribution in [0.25, 0.3) is 0 Å². The Kier molecular flexibility index (Phi) is 5.62. The van der Waals surface area contributed by atoms with Crippen LogP contribution in [0.5, 0.6) is 0 Å². The molecular formula is C17H27N3O. The number of nitrogens with one attached hydrogen (secondary N) is 2. The highest BCUT2D eigenvalue weighted by Gasteiger charge is 2.23. The number of rotatable bonds is 5. The smallest absolute Gasteiger partial charge is 0.319 e. The quantitative estimate of drug-likeness (QED) is 0.872. The lowest BCUT2D eigenvalue weighted by atomic mass is 10.0.